The van der Waals surface area contributed by atoms with Crippen molar-refractivity contribution in [2.75, 3.05) is 0 Å². The average Bonchev–Trinajstić information content (AvgIpc) is 3.80. The molecule has 0 saturated heterocycles. The highest BCUT2D eigenvalue weighted by Gasteiger charge is 2.21. The second-order valence-corrected chi connectivity index (χ2v) is 15.8. The summed E-state index contributed by atoms with van der Waals surface area (Å²) in [7, 11) is 0. The van der Waals surface area contributed by atoms with Crippen molar-refractivity contribution in [1.82, 2.24) is 4.57 Å². The molecule has 0 radical (unpaired) electrons. The fourth-order valence-corrected chi connectivity index (χ4v) is 10.0. The molecule has 10 rings (SSSR count). The van der Waals surface area contributed by atoms with Gasteiger partial charge in [0.15, 0.2) is 0 Å². The number of para-hydroxylation sites is 3. The third kappa shape index (κ3) is 5.77. The molecule has 2 aromatic heterocycles. The van der Waals surface area contributed by atoms with E-state index in [1.54, 1.807) is 0 Å². The van der Waals surface area contributed by atoms with Gasteiger partial charge in [0, 0.05) is 42.2 Å². The summed E-state index contributed by atoms with van der Waals surface area (Å²) in [5.74, 6) is 0.366. The fraction of sp³-hybridized carbons (Fsp3) is 0.0943. The van der Waals surface area contributed by atoms with E-state index in [9.17, 15) is 0 Å². The van der Waals surface area contributed by atoms with Crippen LogP contribution in [0.1, 0.15) is 36.0 Å². The molecule has 10 aromatic rings. The normalized spacial score (nSPS) is 12.3. The SMILES string of the molecule is CCC(Cc1ccccc1-c1cc(-c2cccc3c4ccccc4n(-c4ccccc4)c23)ccc1C)c1cc(-c2ccccc2)c2sc3ccccc3c2c1. The molecular weight excluding hydrogens is 683 g/mol. The molecule has 8 aromatic carbocycles. The van der Waals surface area contributed by atoms with Crippen molar-refractivity contribution in [2.45, 2.75) is 32.6 Å². The van der Waals surface area contributed by atoms with Crippen LogP contribution >= 0.6 is 11.3 Å². The quantitative estimate of drug-likeness (QED) is 0.147. The van der Waals surface area contributed by atoms with Crippen LogP contribution in [0.3, 0.4) is 0 Å². The number of hydrogen-bond donors (Lipinski definition) is 0. The van der Waals surface area contributed by atoms with Gasteiger partial charge in [0.2, 0.25) is 0 Å². The molecule has 0 saturated carbocycles. The van der Waals surface area contributed by atoms with E-state index >= 15 is 0 Å². The Kier molecular flexibility index (Phi) is 8.42. The number of benzene rings is 8. The van der Waals surface area contributed by atoms with Crippen molar-refractivity contribution in [3.8, 4) is 39.1 Å². The van der Waals surface area contributed by atoms with E-state index < -0.39 is 0 Å². The predicted octanol–water partition coefficient (Wildman–Crippen LogP) is 15.2. The molecule has 1 nitrogen and oxygen atoms in total. The molecule has 264 valence electrons. The molecule has 0 aliphatic heterocycles. The lowest BCUT2D eigenvalue weighted by atomic mass is 9.84. The van der Waals surface area contributed by atoms with Crippen molar-refractivity contribution >= 4 is 53.3 Å². The monoisotopic (exact) mass is 723 g/mol. The highest BCUT2D eigenvalue weighted by molar-refractivity contribution is 7.26. The number of hydrogen-bond acceptors (Lipinski definition) is 1. The first kappa shape index (κ1) is 33.4. The number of thiophene rings is 1. The molecule has 0 amide bonds. The van der Waals surface area contributed by atoms with Gasteiger partial charge in [-0.3, -0.25) is 0 Å². The van der Waals surface area contributed by atoms with Crippen LogP contribution in [0.2, 0.25) is 0 Å². The van der Waals surface area contributed by atoms with Crippen molar-refractivity contribution in [3.05, 3.63) is 199 Å². The summed E-state index contributed by atoms with van der Waals surface area (Å²) in [5, 5.41) is 5.27. The summed E-state index contributed by atoms with van der Waals surface area (Å²) >= 11 is 1.92. The zero-order valence-corrected chi connectivity index (χ0v) is 32.0. The minimum atomic E-state index is 0.366. The third-order valence-corrected chi connectivity index (χ3v) is 12.8. The maximum Gasteiger partial charge on any atom is 0.0619 e. The van der Waals surface area contributed by atoms with Gasteiger partial charge in [0.1, 0.15) is 0 Å². The van der Waals surface area contributed by atoms with Gasteiger partial charge < -0.3 is 4.57 Å². The van der Waals surface area contributed by atoms with Crippen molar-refractivity contribution < 1.29 is 0 Å². The molecule has 2 heterocycles. The second-order valence-electron chi connectivity index (χ2n) is 14.8. The maximum atomic E-state index is 2.50. The smallest absolute Gasteiger partial charge is 0.0619 e. The molecule has 0 aliphatic rings. The van der Waals surface area contributed by atoms with E-state index in [4.69, 9.17) is 0 Å². The molecule has 1 atom stereocenters. The van der Waals surface area contributed by atoms with Crippen molar-refractivity contribution in [1.29, 1.82) is 0 Å². The molecule has 2 heteroatoms. The second kappa shape index (κ2) is 13.9. The summed E-state index contributed by atoms with van der Waals surface area (Å²) in [6.07, 6.45) is 2.02. The van der Waals surface area contributed by atoms with Crippen LogP contribution in [-0.2, 0) is 6.42 Å². The highest BCUT2D eigenvalue weighted by Crippen LogP contribution is 2.44. The van der Waals surface area contributed by atoms with Crippen LogP contribution in [0.4, 0.5) is 0 Å². The first-order valence-electron chi connectivity index (χ1n) is 19.4. The summed E-state index contributed by atoms with van der Waals surface area (Å²) in [4.78, 5) is 0. The van der Waals surface area contributed by atoms with Crippen LogP contribution in [0.5, 0.6) is 0 Å². The summed E-state index contributed by atoms with van der Waals surface area (Å²) in [5.41, 5.74) is 15.5. The van der Waals surface area contributed by atoms with Crippen molar-refractivity contribution in [2.24, 2.45) is 0 Å². The van der Waals surface area contributed by atoms with E-state index in [1.165, 1.54) is 97.7 Å². The molecule has 0 bridgehead atoms. The van der Waals surface area contributed by atoms with Crippen LogP contribution in [0.15, 0.2) is 182 Å². The van der Waals surface area contributed by atoms with Crippen LogP contribution < -0.4 is 0 Å². The molecule has 0 N–H and O–H groups in total. The first-order valence-corrected chi connectivity index (χ1v) is 20.3. The predicted molar refractivity (Wildman–Crippen MR) is 238 cm³/mol. The molecule has 0 aliphatic carbocycles. The standard InChI is InChI=1S/C53H41NS/c1-3-36(40-33-48(37-17-6-4-7-18-37)53-49(34-40)45-24-13-15-28-51(45)55-53)31-38-19-10-11-22-42(38)47-32-39(30-29-35(47)2)43-25-16-26-46-44-23-12-14-27-50(44)54(52(43)46)41-20-8-5-9-21-41/h4-30,32-34,36H,3,31H2,1-2H3. The zero-order chi connectivity index (χ0) is 36.9. The Morgan fingerprint density at radius 3 is 2.04 bits per heavy atom. The molecular formula is C53H41NS. The van der Waals surface area contributed by atoms with E-state index in [1.807, 2.05) is 11.3 Å². The third-order valence-electron chi connectivity index (χ3n) is 11.6. The lowest BCUT2D eigenvalue weighted by Crippen LogP contribution is -2.04. The maximum absolute atomic E-state index is 2.50. The van der Waals surface area contributed by atoms with E-state index in [0.29, 0.717) is 5.92 Å². The van der Waals surface area contributed by atoms with Gasteiger partial charge in [-0.1, -0.05) is 146 Å². The Balaban J connectivity index is 1.10. The van der Waals surface area contributed by atoms with Crippen LogP contribution in [0.25, 0.3) is 81.0 Å². The van der Waals surface area contributed by atoms with Crippen LogP contribution in [0, 0.1) is 6.92 Å². The van der Waals surface area contributed by atoms with Gasteiger partial charge in [0.25, 0.3) is 0 Å². The topological polar surface area (TPSA) is 4.93 Å². The fourth-order valence-electron chi connectivity index (χ4n) is 8.82. The summed E-state index contributed by atoms with van der Waals surface area (Å²) in [6.45, 7) is 4.61. The number of rotatable bonds is 8. The van der Waals surface area contributed by atoms with Crippen molar-refractivity contribution in [3.63, 3.8) is 0 Å². The Bertz CT molecular complexity index is 3000. The van der Waals surface area contributed by atoms with Crippen LogP contribution in [-0.4, -0.2) is 4.57 Å². The number of fused-ring (bicyclic) bond motifs is 6. The number of aromatic nitrogens is 1. The Morgan fingerprint density at radius 2 is 1.20 bits per heavy atom. The van der Waals surface area contributed by atoms with Gasteiger partial charge in [-0.15, -0.1) is 11.3 Å². The zero-order valence-electron chi connectivity index (χ0n) is 31.2. The van der Waals surface area contributed by atoms with Gasteiger partial charge >= 0.3 is 0 Å². The van der Waals surface area contributed by atoms with Gasteiger partial charge in [0.05, 0.1) is 11.0 Å². The molecule has 55 heavy (non-hydrogen) atoms. The van der Waals surface area contributed by atoms with Gasteiger partial charge in [-0.2, -0.15) is 0 Å². The van der Waals surface area contributed by atoms with Gasteiger partial charge in [-0.05, 0) is 113 Å². The molecule has 0 spiro atoms. The molecule has 1 unspecified atom stereocenters. The van der Waals surface area contributed by atoms with E-state index in [-0.39, 0.29) is 0 Å². The van der Waals surface area contributed by atoms with E-state index in [0.717, 1.165) is 12.8 Å². The molecule has 0 fully saturated rings. The highest BCUT2D eigenvalue weighted by atomic mass is 32.1. The minimum Gasteiger partial charge on any atom is -0.309 e. The largest absolute Gasteiger partial charge is 0.309 e. The van der Waals surface area contributed by atoms with E-state index in [2.05, 4.69) is 200 Å². The Hall–Kier alpha value is -6.22. The lowest BCUT2D eigenvalue weighted by Gasteiger charge is -2.21. The average molecular weight is 724 g/mol. The first-order chi connectivity index (χ1) is 27.2. The van der Waals surface area contributed by atoms with Gasteiger partial charge in [-0.25, -0.2) is 0 Å². The minimum absolute atomic E-state index is 0.366. The Morgan fingerprint density at radius 1 is 0.509 bits per heavy atom. The lowest BCUT2D eigenvalue weighted by molar-refractivity contribution is 0.662. The summed E-state index contributed by atoms with van der Waals surface area (Å²) in [6, 6.07) is 67.4. The summed E-state index contributed by atoms with van der Waals surface area (Å²) < 4.78 is 5.16. The number of nitrogens with zero attached hydrogens (tertiary/aromatic N) is 1. The Labute approximate surface area is 326 Å². The number of aryl methyl sites for hydroxylation is 1.